The molecule has 0 fully saturated rings. The molecule has 0 radical (unpaired) electrons. The van der Waals surface area contributed by atoms with Crippen LogP contribution in [0.25, 0.3) is 0 Å². The van der Waals surface area contributed by atoms with E-state index >= 15 is 0 Å². The van der Waals surface area contributed by atoms with Crippen molar-refractivity contribution < 1.29 is 0 Å². The molecular weight excluding hydrogens is 48.0 g/mol. The van der Waals surface area contributed by atoms with Crippen molar-refractivity contribution >= 4 is 0 Å². The van der Waals surface area contributed by atoms with E-state index < -0.39 is 0 Å². The molecule has 0 heteroatoms. The lowest BCUT2D eigenvalue weighted by Crippen LogP contribution is -1.42. The molecule has 0 aromatic carbocycles. The normalized spacial score (nSPS) is 12.0. The Morgan fingerprint density at radius 2 is 1.25 bits per heavy atom. The van der Waals surface area contributed by atoms with Gasteiger partial charge in [-0.15, -0.1) is 0 Å². The zero-order chi connectivity index (χ0) is 2.83. The van der Waals surface area contributed by atoms with Crippen LogP contribution in [0.5, 0.6) is 0 Å². The Balaban J connectivity index is 3.59. The summed E-state index contributed by atoms with van der Waals surface area (Å²) in [5.41, 5.74) is 5.36. The molecule has 0 amide bonds. The van der Waals surface area contributed by atoms with Crippen LogP contribution in [-0.2, 0) is 0 Å². The van der Waals surface area contributed by atoms with Crippen LogP contribution < -0.4 is 0 Å². The summed E-state index contributed by atoms with van der Waals surface area (Å²) in [4.78, 5) is 0. The van der Waals surface area contributed by atoms with Crippen molar-refractivity contribution in [1.29, 1.82) is 0 Å². The lowest BCUT2D eigenvalue weighted by molar-refractivity contribution is 1.94. The monoisotopic (exact) mass is 50.0 g/mol. The van der Waals surface area contributed by atoms with Crippen molar-refractivity contribution in [3.8, 4) is 0 Å². The molecule has 0 heterocycles. The van der Waals surface area contributed by atoms with E-state index in [0.29, 0.717) is 0 Å². The summed E-state index contributed by atoms with van der Waals surface area (Å²) in [6.07, 6.45) is 3.64. The second-order valence-corrected chi connectivity index (χ2v) is 0.622. The van der Waals surface area contributed by atoms with Crippen LogP contribution in [0.1, 0.15) is 0 Å². The predicted molar refractivity (Wildman–Crippen MR) is 16.2 cm³/mol. The van der Waals surface area contributed by atoms with Gasteiger partial charge in [-0.25, -0.2) is 0 Å². The third kappa shape index (κ3) is 0.0107. The molecule has 0 spiro atoms. The van der Waals surface area contributed by atoms with Gasteiger partial charge in [0.05, 0.1) is 0 Å². The van der Waals surface area contributed by atoms with Crippen LogP contribution in [0.15, 0.2) is 23.6 Å². The van der Waals surface area contributed by atoms with Crippen LogP contribution in [0.3, 0.4) is 0 Å². The molecule has 0 atom stereocenters. The van der Waals surface area contributed by atoms with E-state index in [1.807, 2.05) is 12.2 Å². The highest BCUT2D eigenvalue weighted by Gasteiger charge is 1.55. The summed E-state index contributed by atoms with van der Waals surface area (Å²) in [6, 6.07) is 0. The largest absolute Gasteiger partial charge is 0.0696 e. The second kappa shape index (κ2) is 0.357. The van der Waals surface area contributed by atoms with Crippen LogP contribution in [0.4, 0.5) is 0 Å². The number of rotatable bonds is 0. The topological polar surface area (TPSA) is 0 Å². The molecule has 1 aliphatic rings. The maximum atomic E-state index is 2.68. The zero-order valence-electron chi connectivity index (χ0n) is 2.15. The third-order valence-corrected chi connectivity index (χ3v) is 0.333. The van der Waals surface area contributed by atoms with Crippen molar-refractivity contribution in [1.82, 2.24) is 0 Å². The molecule has 1 rings (SSSR count). The fraction of sp³-hybridized carbons (Fsp3) is 0. The molecule has 0 unspecified atom stereocenters. The highest BCUT2D eigenvalue weighted by Crippen LogP contribution is 1.73. The van der Waals surface area contributed by atoms with E-state index in [4.69, 9.17) is 0 Å². The SMILES string of the molecule is C1=C=CC=1. The van der Waals surface area contributed by atoms with Crippen LogP contribution in [-0.4, -0.2) is 0 Å². The summed E-state index contributed by atoms with van der Waals surface area (Å²) in [7, 11) is 0. The summed E-state index contributed by atoms with van der Waals surface area (Å²) in [6.45, 7) is 0. The molecule has 0 nitrogen and oxygen atoms in total. The third-order valence-electron chi connectivity index (χ3n) is 0.333. The lowest BCUT2D eigenvalue weighted by Gasteiger charge is -1.61. The molecule has 0 bridgehead atoms. The van der Waals surface area contributed by atoms with E-state index in [9.17, 15) is 0 Å². The molecule has 4 heavy (non-hydrogen) atoms. The Morgan fingerprint density at radius 1 is 1.00 bits per heavy atom. The standard InChI is InChI=1S/C4H2/c1-2-4-3-1/h1-2H. The van der Waals surface area contributed by atoms with E-state index in [-0.39, 0.29) is 0 Å². The van der Waals surface area contributed by atoms with E-state index in [1.165, 1.54) is 0 Å². The van der Waals surface area contributed by atoms with Gasteiger partial charge >= 0.3 is 0 Å². The molecular formula is C4H2. The maximum Gasteiger partial charge on any atom is -0.00316 e. The molecule has 0 saturated heterocycles. The van der Waals surface area contributed by atoms with E-state index in [1.54, 1.807) is 0 Å². The van der Waals surface area contributed by atoms with Crippen LogP contribution >= 0.6 is 0 Å². The average molecular weight is 50.1 g/mol. The first-order valence-corrected chi connectivity index (χ1v) is 1.16. The van der Waals surface area contributed by atoms with Crippen molar-refractivity contribution in [3.05, 3.63) is 23.6 Å². The molecule has 18 valence electrons. The molecule has 1 aliphatic carbocycles. The highest BCUT2D eigenvalue weighted by molar-refractivity contribution is 5.09. The van der Waals surface area contributed by atoms with Gasteiger partial charge in [0.25, 0.3) is 0 Å². The van der Waals surface area contributed by atoms with Gasteiger partial charge in [0.15, 0.2) is 0 Å². The molecule has 0 aliphatic heterocycles. The first-order valence-electron chi connectivity index (χ1n) is 1.16. The fourth-order valence-corrected chi connectivity index (χ4v) is 0.0833. The van der Waals surface area contributed by atoms with Gasteiger partial charge in [-0.1, -0.05) is 11.5 Å². The molecule has 0 aromatic heterocycles. The number of hydrogen-bond acceptors (Lipinski definition) is 0. The van der Waals surface area contributed by atoms with Gasteiger partial charge in [-0.2, -0.15) is 0 Å². The lowest BCUT2D eigenvalue weighted by atomic mass is 10.4. The maximum absolute atomic E-state index is 2.68. The zero-order valence-corrected chi connectivity index (χ0v) is 2.15. The Kier molecular flexibility index (Phi) is 0.143. The van der Waals surface area contributed by atoms with Gasteiger partial charge < -0.3 is 0 Å². The molecule has 0 N–H and O–H groups in total. The van der Waals surface area contributed by atoms with Gasteiger partial charge in [0.2, 0.25) is 0 Å². The van der Waals surface area contributed by atoms with Gasteiger partial charge in [-0.3, -0.25) is 0 Å². The van der Waals surface area contributed by atoms with E-state index in [2.05, 4.69) is 11.5 Å². The van der Waals surface area contributed by atoms with Crippen molar-refractivity contribution in [2.24, 2.45) is 0 Å². The van der Waals surface area contributed by atoms with Crippen LogP contribution in [0, 0.1) is 0 Å². The van der Waals surface area contributed by atoms with E-state index in [0.717, 1.165) is 0 Å². The van der Waals surface area contributed by atoms with Crippen molar-refractivity contribution in [2.75, 3.05) is 0 Å². The summed E-state index contributed by atoms with van der Waals surface area (Å²) in [5.74, 6) is 0. The second-order valence-electron chi connectivity index (χ2n) is 0.622. The Bertz CT molecular complexity index is 83.2. The smallest absolute Gasteiger partial charge is 0.00316 e. The summed E-state index contributed by atoms with van der Waals surface area (Å²) < 4.78 is 0. The first kappa shape index (κ1) is 1.60. The predicted octanol–water partition coefficient (Wildman–Crippen LogP) is 0.866. The fourth-order valence-electron chi connectivity index (χ4n) is 0.0833. The Hall–Kier alpha value is -0.700. The minimum atomic E-state index is 1.82. The highest BCUT2D eigenvalue weighted by atomic mass is 13.6. The quantitative estimate of drug-likeness (QED) is 0.357. The molecule has 0 aromatic rings. The minimum Gasteiger partial charge on any atom is -0.0696 e. The minimum absolute atomic E-state index is 1.82. The number of allylic oxidation sites excluding steroid dienone is 2. The summed E-state index contributed by atoms with van der Waals surface area (Å²) >= 11 is 0. The van der Waals surface area contributed by atoms with Crippen molar-refractivity contribution in [3.63, 3.8) is 0 Å². The Morgan fingerprint density at radius 3 is 1.25 bits per heavy atom. The Labute approximate surface area is 24.8 Å². The van der Waals surface area contributed by atoms with Gasteiger partial charge in [0.1, 0.15) is 0 Å². The average Bonchev–Trinajstić information content (AvgIpc) is 0.722. The number of hydrogen-bond donors (Lipinski definition) is 0. The first-order chi connectivity index (χ1) is 2.00. The van der Waals surface area contributed by atoms with Gasteiger partial charge in [0, 0.05) is 0 Å². The van der Waals surface area contributed by atoms with Crippen molar-refractivity contribution in [2.45, 2.75) is 0 Å². The van der Waals surface area contributed by atoms with Crippen LogP contribution in [0.2, 0.25) is 0 Å². The summed E-state index contributed by atoms with van der Waals surface area (Å²) in [5, 5.41) is 0. The molecule has 0 saturated carbocycles. The van der Waals surface area contributed by atoms with Gasteiger partial charge in [-0.05, 0) is 12.2 Å².